The van der Waals surface area contributed by atoms with Crippen molar-refractivity contribution >= 4 is 11.9 Å². The van der Waals surface area contributed by atoms with Crippen LogP contribution in [0.2, 0.25) is 0 Å². The molecule has 2 N–H and O–H groups in total. The largest absolute Gasteiger partial charge is 1.00 e. The van der Waals surface area contributed by atoms with Crippen molar-refractivity contribution < 1.29 is 55.5 Å². The number of carboxylic acid groups (broad SMARTS) is 1. The van der Waals surface area contributed by atoms with Gasteiger partial charge in [0.05, 0.1) is 13.0 Å². The van der Waals surface area contributed by atoms with Crippen LogP contribution in [-0.2, 0) is 14.3 Å². The maximum Gasteiger partial charge on any atom is 1.00 e. The first-order chi connectivity index (χ1) is 6.65. The summed E-state index contributed by atoms with van der Waals surface area (Å²) in [6, 6.07) is -1.06. The summed E-state index contributed by atoms with van der Waals surface area (Å²) >= 11 is 0. The summed E-state index contributed by atoms with van der Waals surface area (Å²) in [7, 11) is 0. The molecule has 2 rings (SSSR count). The average molecular weight is 223 g/mol. The Morgan fingerprint density at radius 2 is 2.40 bits per heavy atom. The standard InChI is InChI=1S/C8H9NO5.Na.H/c10-2-1-4-7(8(12)13)9-5(11)3-6(9)14-4;;/h1,6-7,10H,2-3H2,(H,12,13);;/q;+1;-1/b4-1-;;/t6-,7-;;/m1../s1. The van der Waals surface area contributed by atoms with Crippen molar-refractivity contribution in [1.82, 2.24) is 4.90 Å². The molecule has 1 amide bonds. The van der Waals surface area contributed by atoms with Gasteiger partial charge in [0.25, 0.3) is 0 Å². The molecule has 7 heteroatoms. The molecule has 0 unspecified atom stereocenters. The van der Waals surface area contributed by atoms with Crippen molar-refractivity contribution in [2.24, 2.45) is 0 Å². The van der Waals surface area contributed by atoms with Gasteiger partial charge in [0.1, 0.15) is 5.76 Å². The van der Waals surface area contributed by atoms with Crippen molar-refractivity contribution in [2.45, 2.75) is 18.7 Å². The summed E-state index contributed by atoms with van der Waals surface area (Å²) < 4.78 is 5.17. The molecule has 2 aliphatic heterocycles. The second-order valence-electron chi connectivity index (χ2n) is 3.11. The fraction of sp³-hybridized carbons (Fsp3) is 0.500. The van der Waals surface area contributed by atoms with E-state index < -0.39 is 18.2 Å². The topological polar surface area (TPSA) is 87.1 Å². The van der Waals surface area contributed by atoms with Crippen LogP contribution < -0.4 is 29.6 Å². The number of aliphatic hydroxyl groups excluding tert-OH is 1. The van der Waals surface area contributed by atoms with E-state index in [0.717, 1.165) is 0 Å². The summed E-state index contributed by atoms with van der Waals surface area (Å²) in [5.74, 6) is -1.22. The monoisotopic (exact) mass is 223 g/mol. The zero-order chi connectivity index (χ0) is 10.3. The Labute approximate surface area is 109 Å². The number of aliphatic carboxylic acids is 1. The van der Waals surface area contributed by atoms with Gasteiger partial charge >= 0.3 is 35.5 Å². The zero-order valence-corrected chi connectivity index (χ0v) is 10.2. The predicted octanol–water partition coefficient (Wildman–Crippen LogP) is -3.98. The molecule has 0 saturated carbocycles. The summed E-state index contributed by atoms with van der Waals surface area (Å²) in [4.78, 5) is 23.1. The van der Waals surface area contributed by atoms with Crippen molar-refractivity contribution in [3.8, 4) is 0 Å². The number of carbonyl (C=O) groups excluding carboxylic acids is 1. The van der Waals surface area contributed by atoms with Crippen LogP contribution in [0, 0.1) is 0 Å². The maximum absolute atomic E-state index is 11.1. The van der Waals surface area contributed by atoms with Crippen LogP contribution in [0.3, 0.4) is 0 Å². The molecule has 2 aliphatic rings. The van der Waals surface area contributed by atoms with Gasteiger partial charge in [0.2, 0.25) is 5.91 Å². The molecule has 0 aromatic rings. The van der Waals surface area contributed by atoms with Crippen LogP contribution in [0.4, 0.5) is 0 Å². The number of carboxylic acids is 1. The molecule has 0 radical (unpaired) electrons. The number of carbonyl (C=O) groups is 2. The van der Waals surface area contributed by atoms with Crippen molar-refractivity contribution in [2.75, 3.05) is 6.61 Å². The molecular weight excluding hydrogens is 213 g/mol. The van der Waals surface area contributed by atoms with E-state index in [1.807, 2.05) is 0 Å². The average Bonchev–Trinajstić information content (AvgIpc) is 2.39. The number of hydrogen-bond donors (Lipinski definition) is 2. The van der Waals surface area contributed by atoms with Gasteiger partial charge in [-0.2, -0.15) is 0 Å². The third-order valence-corrected chi connectivity index (χ3v) is 2.29. The van der Waals surface area contributed by atoms with Crippen LogP contribution in [0.1, 0.15) is 7.85 Å². The van der Waals surface area contributed by atoms with Crippen LogP contribution in [-0.4, -0.2) is 45.9 Å². The van der Waals surface area contributed by atoms with Gasteiger partial charge in [0, 0.05) is 0 Å². The second-order valence-corrected chi connectivity index (χ2v) is 3.11. The number of hydrogen-bond acceptors (Lipinski definition) is 4. The minimum atomic E-state index is -1.14. The SMILES string of the molecule is O=C(O)[C@H]1/C(=C/CO)O[C@@H]2CC(=O)N21.[H-].[Na+]. The minimum Gasteiger partial charge on any atom is -1.00 e. The normalized spacial score (nSPS) is 30.3. The number of ether oxygens (including phenoxy) is 1. The molecule has 0 bridgehead atoms. The van der Waals surface area contributed by atoms with E-state index in [2.05, 4.69) is 0 Å². The van der Waals surface area contributed by atoms with Crippen molar-refractivity contribution in [1.29, 1.82) is 0 Å². The Kier molecular flexibility index (Phi) is 3.77. The second kappa shape index (κ2) is 4.52. The van der Waals surface area contributed by atoms with Crippen LogP contribution >= 0.6 is 0 Å². The summed E-state index contributed by atoms with van der Waals surface area (Å²) in [6.07, 6.45) is 1.03. The molecule has 2 saturated heterocycles. The Hall–Kier alpha value is -0.560. The number of β-lactam (4-membered cyclic amide) rings is 1. The van der Waals surface area contributed by atoms with E-state index in [1.165, 1.54) is 11.0 Å². The predicted molar refractivity (Wildman–Crippen MR) is 44.0 cm³/mol. The molecule has 2 atom stereocenters. The van der Waals surface area contributed by atoms with E-state index in [4.69, 9.17) is 14.9 Å². The molecule has 6 nitrogen and oxygen atoms in total. The molecule has 78 valence electrons. The quantitative estimate of drug-likeness (QED) is 0.368. The van der Waals surface area contributed by atoms with Crippen LogP contribution in [0.15, 0.2) is 11.8 Å². The van der Waals surface area contributed by atoms with Crippen LogP contribution in [0.5, 0.6) is 0 Å². The van der Waals surface area contributed by atoms with E-state index in [1.54, 1.807) is 0 Å². The Balaban J connectivity index is 0.00000112. The van der Waals surface area contributed by atoms with Crippen molar-refractivity contribution in [3.05, 3.63) is 11.8 Å². The number of aliphatic hydroxyl groups is 1. The Morgan fingerprint density at radius 1 is 1.73 bits per heavy atom. The van der Waals surface area contributed by atoms with E-state index in [-0.39, 0.29) is 55.7 Å². The number of rotatable bonds is 2. The van der Waals surface area contributed by atoms with Gasteiger partial charge in [-0.1, -0.05) is 0 Å². The fourth-order valence-corrected chi connectivity index (χ4v) is 1.66. The molecule has 2 heterocycles. The zero-order valence-electron chi connectivity index (χ0n) is 9.21. The van der Waals surface area contributed by atoms with E-state index in [0.29, 0.717) is 0 Å². The maximum atomic E-state index is 11.1. The number of nitrogens with zero attached hydrogens (tertiary/aromatic N) is 1. The van der Waals surface area contributed by atoms with E-state index >= 15 is 0 Å². The van der Waals surface area contributed by atoms with Gasteiger partial charge in [-0.3, -0.25) is 9.69 Å². The van der Waals surface area contributed by atoms with Gasteiger partial charge in [0.15, 0.2) is 12.3 Å². The fourth-order valence-electron chi connectivity index (χ4n) is 1.66. The minimum absolute atomic E-state index is 0. The summed E-state index contributed by atoms with van der Waals surface area (Å²) in [6.45, 7) is -0.298. The number of amides is 1. The first-order valence-electron chi connectivity index (χ1n) is 4.16. The molecule has 0 spiro atoms. The molecule has 0 aromatic heterocycles. The van der Waals surface area contributed by atoms with Crippen LogP contribution in [0.25, 0.3) is 0 Å². The summed E-state index contributed by atoms with van der Waals surface area (Å²) in [5.41, 5.74) is 0. The van der Waals surface area contributed by atoms with Gasteiger partial charge in [-0.15, -0.1) is 0 Å². The summed E-state index contributed by atoms with van der Waals surface area (Å²) in [5, 5.41) is 17.5. The molecule has 2 fully saturated rings. The first-order valence-corrected chi connectivity index (χ1v) is 4.16. The molecular formula is C8H10NNaO5. The van der Waals surface area contributed by atoms with Gasteiger partial charge in [-0.05, 0) is 6.08 Å². The first kappa shape index (κ1) is 12.5. The van der Waals surface area contributed by atoms with Gasteiger partial charge in [-0.25, -0.2) is 4.79 Å². The van der Waals surface area contributed by atoms with E-state index in [9.17, 15) is 9.59 Å². The Morgan fingerprint density at radius 3 is 2.87 bits per heavy atom. The smallest absolute Gasteiger partial charge is 1.00 e. The van der Waals surface area contributed by atoms with Crippen molar-refractivity contribution in [3.63, 3.8) is 0 Å². The van der Waals surface area contributed by atoms with Gasteiger partial charge < -0.3 is 16.4 Å². The molecule has 15 heavy (non-hydrogen) atoms. The molecule has 0 aliphatic carbocycles. The third kappa shape index (κ3) is 1.90. The Bertz CT molecular complexity index is 334. The third-order valence-electron chi connectivity index (χ3n) is 2.29. The number of fused-ring (bicyclic) bond motifs is 1. The molecule has 0 aromatic carbocycles.